The average Bonchev–Trinajstić information content (AvgIpc) is 2.89. The summed E-state index contributed by atoms with van der Waals surface area (Å²) in [5.74, 6) is -3.24. The van der Waals surface area contributed by atoms with Gasteiger partial charge in [-0.2, -0.15) is 0 Å². The zero-order chi connectivity index (χ0) is 25.7. The highest BCUT2D eigenvalue weighted by atomic mass is 19.3. The van der Waals surface area contributed by atoms with Crippen LogP contribution in [0.5, 0.6) is 5.75 Å². The van der Waals surface area contributed by atoms with Gasteiger partial charge in [0.05, 0.1) is 24.3 Å². The number of rotatable bonds is 3. The van der Waals surface area contributed by atoms with Crippen LogP contribution in [0.2, 0.25) is 0 Å². The van der Waals surface area contributed by atoms with Crippen LogP contribution in [0, 0.1) is 13.5 Å². The fraction of sp³-hybridized carbons (Fsp3) is 0.667. The van der Waals surface area contributed by atoms with Gasteiger partial charge >= 0.3 is 19.1 Å². The first-order valence-corrected chi connectivity index (χ1v) is 11.4. The summed E-state index contributed by atoms with van der Waals surface area (Å²) in [5, 5.41) is 0. The van der Waals surface area contributed by atoms with E-state index in [-0.39, 0.29) is 24.4 Å². The van der Waals surface area contributed by atoms with Crippen LogP contribution in [0.15, 0.2) is 12.1 Å². The van der Waals surface area contributed by atoms with E-state index in [2.05, 4.69) is 4.85 Å². The van der Waals surface area contributed by atoms with Crippen molar-refractivity contribution in [2.75, 3.05) is 13.1 Å². The molecule has 0 radical (unpaired) electrons. The molecule has 1 aromatic rings. The number of piperidine rings is 1. The van der Waals surface area contributed by atoms with E-state index in [1.54, 1.807) is 39.8 Å². The topological polar surface area (TPSA) is 61.6 Å². The summed E-state index contributed by atoms with van der Waals surface area (Å²) in [4.78, 5) is 16.7. The summed E-state index contributed by atoms with van der Waals surface area (Å²) in [6.45, 7) is 21.4. The lowest BCUT2D eigenvalue weighted by Crippen LogP contribution is -2.56. The zero-order valence-corrected chi connectivity index (χ0v) is 21.1. The van der Waals surface area contributed by atoms with E-state index >= 15 is 0 Å². The standard InChI is InChI=1S/C24H33BF2N2O5/c1-15-12-18(17(28-9)13-16(15)25-33-22(5,6)23(7,8)34-25)31-19-10-11-29(14-24(19,26)27)20(30)32-21(2,3)4/h12-13,19H,10-11,14H2,1-8H3. The lowest BCUT2D eigenvalue weighted by atomic mass is 9.76. The number of halogens is 2. The van der Waals surface area contributed by atoms with Gasteiger partial charge in [0.1, 0.15) is 11.4 Å². The van der Waals surface area contributed by atoms with E-state index in [0.717, 1.165) is 4.90 Å². The monoisotopic (exact) mass is 478 g/mol. The first-order valence-electron chi connectivity index (χ1n) is 11.4. The van der Waals surface area contributed by atoms with E-state index in [1.165, 1.54) is 0 Å². The van der Waals surface area contributed by atoms with Gasteiger partial charge in [0.15, 0.2) is 6.10 Å². The minimum atomic E-state index is -3.31. The molecule has 1 atom stereocenters. The highest BCUT2D eigenvalue weighted by Crippen LogP contribution is 2.39. The molecule has 3 rings (SSSR count). The van der Waals surface area contributed by atoms with Crippen molar-refractivity contribution in [3.63, 3.8) is 0 Å². The van der Waals surface area contributed by atoms with Crippen LogP contribution in [0.1, 0.15) is 60.5 Å². The minimum absolute atomic E-state index is 0.0630. The molecule has 0 saturated carbocycles. The Kier molecular flexibility index (Phi) is 6.70. The Morgan fingerprint density at radius 1 is 1.21 bits per heavy atom. The predicted octanol–water partition coefficient (Wildman–Crippen LogP) is 4.87. The van der Waals surface area contributed by atoms with Crippen LogP contribution in [0.3, 0.4) is 0 Å². The van der Waals surface area contributed by atoms with Gasteiger partial charge in [-0.05, 0) is 66.9 Å². The normalized spacial score (nSPS) is 23.4. The van der Waals surface area contributed by atoms with Crippen LogP contribution in [0.25, 0.3) is 4.85 Å². The van der Waals surface area contributed by atoms with E-state index in [4.69, 9.17) is 25.4 Å². The Hall–Kier alpha value is -2.38. The molecule has 7 nitrogen and oxygen atoms in total. The molecule has 2 aliphatic rings. The smallest absolute Gasteiger partial charge is 0.493 e. The van der Waals surface area contributed by atoms with Gasteiger partial charge in [0.2, 0.25) is 5.69 Å². The quantitative estimate of drug-likeness (QED) is 0.459. The maximum absolute atomic E-state index is 14.9. The molecule has 1 unspecified atom stereocenters. The third-order valence-electron chi connectivity index (χ3n) is 6.43. The van der Waals surface area contributed by atoms with Crippen LogP contribution in [-0.2, 0) is 14.0 Å². The number of carbonyl (C=O) groups excluding carboxylic acids is 1. The largest absolute Gasteiger partial charge is 0.495 e. The summed E-state index contributed by atoms with van der Waals surface area (Å²) in [7, 11) is -0.682. The number of likely N-dealkylation sites (tertiary alicyclic amines) is 1. The number of amides is 1. The van der Waals surface area contributed by atoms with Gasteiger partial charge in [-0.1, -0.05) is 11.6 Å². The lowest BCUT2D eigenvalue weighted by molar-refractivity contribution is -0.137. The Bertz CT molecular complexity index is 984. The highest BCUT2D eigenvalue weighted by Gasteiger charge is 2.52. The molecule has 10 heteroatoms. The van der Waals surface area contributed by atoms with Gasteiger partial charge in [0.25, 0.3) is 0 Å². The lowest BCUT2D eigenvalue weighted by Gasteiger charge is -2.38. The molecule has 2 saturated heterocycles. The zero-order valence-electron chi connectivity index (χ0n) is 21.1. The van der Waals surface area contributed by atoms with Crippen molar-refractivity contribution in [3.05, 3.63) is 29.1 Å². The molecule has 1 amide bonds. The summed E-state index contributed by atoms with van der Waals surface area (Å²) in [6, 6.07) is 3.15. The van der Waals surface area contributed by atoms with Crippen molar-refractivity contribution in [1.82, 2.24) is 4.90 Å². The summed E-state index contributed by atoms with van der Waals surface area (Å²) >= 11 is 0. The second-order valence-electron chi connectivity index (χ2n) is 10.9. The number of hydrogen-bond donors (Lipinski definition) is 0. The Morgan fingerprint density at radius 3 is 2.29 bits per heavy atom. The number of benzene rings is 1. The summed E-state index contributed by atoms with van der Waals surface area (Å²) in [6.07, 6.45) is -2.36. The number of carbonyl (C=O) groups is 1. The number of ether oxygens (including phenoxy) is 2. The molecule has 186 valence electrons. The van der Waals surface area contributed by atoms with Crippen LogP contribution in [-0.4, -0.2) is 60.0 Å². The van der Waals surface area contributed by atoms with Crippen molar-refractivity contribution in [1.29, 1.82) is 0 Å². The molecule has 0 aromatic heterocycles. The van der Waals surface area contributed by atoms with Crippen molar-refractivity contribution in [3.8, 4) is 5.75 Å². The number of aryl methyl sites for hydroxylation is 1. The predicted molar refractivity (Wildman–Crippen MR) is 125 cm³/mol. The van der Waals surface area contributed by atoms with E-state index in [0.29, 0.717) is 11.0 Å². The number of alkyl halides is 2. The molecule has 34 heavy (non-hydrogen) atoms. The molecule has 0 bridgehead atoms. The first-order chi connectivity index (χ1) is 15.5. The Labute approximate surface area is 200 Å². The first kappa shape index (κ1) is 26.2. The average molecular weight is 478 g/mol. The van der Waals surface area contributed by atoms with Gasteiger partial charge in [-0.25, -0.2) is 18.4 Å². The van der Waals surface area contributed by atoms with Crippen molar-refractivity contribution >= 4 is 24.4 Å². The maximum atomic E-state index is 14.9. The number of nitrogens with zero attached hydrogens (tertiary/aromatic N) is 2. The van der Waals surface area contributed by atoms with Gasteiger partial charge < -0.3 is 23.7 Å². The maximum Gasteiger partial charge on any atom is 0.493 e. The van der Waals surface area contributed by atoms with Gasteiger partial charge in [-0.15, -0.1) is 0 Å². The minimum Gasteiger partial charge on any atom is -0.495 e. The molecular formula is C24H33BF2N2O5. The highest BCUT2D eigenvalue weighted by molar-refractivity contribution is 6.62. The Morgan fingerprint density at radius 2 is 1.79 bits per heavy atom. The van der Waals surface area contributed by atoms with E-state index in [1.807, 2.05) is 27.7 Å². The van der Waals surface area contributed by atoms with Crippen molar-refractivity contribution in [2.24, 2.45) is 0 Å². The van der Waals surface area contributed by atoms with Gasteiger partial charge in [0, 0.05) is 13.0 Å². The third kappa shape index (κ3) is 5.31. The molecule has 0 spiro atoms. The second kappa shape index (κ2) is 8.69. The molecule has 2 heterocycles. The SMILES string of the molecule is [C-]#[N+]c1cc(B2OC(C)(C)C(C)(C)O2)c(C)cc1OC1CCN(C(=O)OC(C)(C)C)CC1(F)F. The molecule has 1 aromatic carbocycles. The van der Waals surface area contributed by atoms with Crippen LogP contribution in [0.4, 0.5) is 19.3 Å². The summed E-state index contributed by atoms with van der Waals surface area (Å²) in [5.41, 5.74) is -0.427. The molecule has 0 N–H and O–H groups in total. The molecular weight excluding hydrogens is 445 g/mol. The Balaban J connectivity index is 1.78. The second-order valence-corrected chi connectivity index (χ2v) is 10.9. The van der Waals surface area contributed by atoms with Gasteiger partial charge in [-0.3, -0.25) is 0 Å². The molecule has 2 aliphatic heterocycles. The molecule has 2 fully saturated rings. The third-order valence-corrected chi connectivity index (χ3v) is 6.43. The fourth-order valence-corrected chi connectivity index (χ4v) is 3.79. The van der Waals surface area contributed by atoms with E-state index < -0.39 is 48.6 Å². The van der Waals surface area contributed by atoms with E-state index in [9.17, 15) is 13.6 Å². The van der Waals surface area contributed by atoms with Crippen LogP contribution >= 0.6 is 0 Å². The fourth-order valence-electron chi connectivity index (χ4n) is 3.79. The summed E-state index contributed by atoms with van der Waals surface area (Å²) < 4.78 is 52.9. The van der Waals surface area contributed by atoms with Crippen molar-refractivity contribution in [2.45, 2.75) is 90.6 Å². The number of hydrogen-bond acceptors (Lipinski definition) is 5. The molecule has 0 aliphatic carbocycles. The van der Waals surface area contributed by atoms with Crippen LogP contribution < -0.4 is 10.2 Å². The van der Waals surface area contributed by atoms with Crippen molar-refractivity contribution < 1.29 is 32.4 Å².